The smallest absolute Gasteiger partial charge is 0.261 e. The number of nitrogens with one attached hydrogen (secondary N) is 2. The molecule has 0 bridgehead atoms. The molecule has 0 spiro atoms. The number of thiophene rings is 1. The molecule has 3 rings (SSSR count). The SMILES string of the molecule is CCN1CCN(Cc2ccccc2CNC(=O)C(C)NC(=O)c2cccs2)CC1. The first-order chi connectivity index (χ1) is 14.1. The molecule has 29 heavy (non-hydrogen) atoms. The van der Waals surface area contributed by atoms with E-state index in [1.165, 1.54) is 16.9 Å². The van der Waals surface area contributed by atoms with Crippen LogP contribution in [0.1, 0.15) is 34.6 Å². The van der Waals surface area contributed by atoms with Gasteiger partial charge in [-0.05, 0) is 36.0 Å². The van der Waals surface area contributed by atoms with Gasteiger partial charge in [0, 0.05) is 39.3 Å². The maximum atomic E-state index is 12.5. The van der Waals surface area contributed by atoms with Crippen LogP contribution in [-0.4, -0.2) is 60.4 Å². The molecule has 1 atom stereocenters. The van der Waals surface area contributed by atoms with Crippen molar-refractivity contribution in [3.8, 4) is 0 Å². The highest BCUT2D eigenvalue weighted by molar-refractivity contribution is 7.12. The van der Waals surface area contributed by atoms with Crippen LogP contribution in [0.3, 0.4) is 0 Å². The van der Waals surface area contributed by atoms with Crippen LogP contribution in [0, 0.1) is 0 Å². The Labute approximate surface area is 176 Å². The summed E-state index contributed by atoms with van der Waals surface area (Å²) in [6, 6.07) is 11.2. The third kappa shape index (κ3) is 6.13. The van der Waals surface area contributed by atoms with E-state index >= 15 is 0 Å². The van der Waals surface area contributed by atoms with Crippen LogP contribution in [0.15, 0.2) is 41.8 Å². The van der Waals surface area contributed by atoms with Crippen molar-refractivity contribution in [3.63, 3.8) is 0 Å². The second-order valence-electron chi connectivity index (χ2n) is 7.37. The van der Waals surface area contributed by atoms with Crippen LogP contribution in [0.25, 0.3) is 0 Å². The molecule has 1 aliphatic heterocycles. The summed E-state index contributed by atoms with van der Waals surface area (Å²) in [5.74, 6) is -0.393. The average molecular weight is 415 g/mol. The number of amides is 2. The number of hydrogen-bond donors (Lipinski definition) is 2. The molecule has 1 aliphatic rings. The van der Waals surface area contributed by atoms with Gasteiger partial charge in [-0.3, -0.25) is 14.5 Å². The van der Waals surface area contributed by atoms with E-state index in [0.717, 1.165) is 44.8 Å². The van der Waals surface area contributed by atoms with E-state index in [-0.39, 0.29) is 11.8 Å². The number of carbonyl (C=O) groups excluding carboxylic acids is 2. The van der Waals surface area contributed by atoms with Gasteiger partial charge in [-0.2, -0.15) is 0 Å². The summed E-state index contributed by atoms with van der Waals surface area (Å²) in [4.78, 5) is 30.1. The summed E-state index contributed by atoms with van der Waals surface area (Å²) >= 11 is 1.36. The van der Waals surface area contributed by atoms with E-state index in [9.17, 15) is 9.59 Å². The van der Waals surface area contributed by atoms with Crippen molar-refractivity contribution in [2.45, 2.75) is 33.0 Å². The minimum absolute atomic E-state index is 0.179. The number of rotatable bonds is 8. The summed E-state index contributed by atoms with van der Waals surface area (Å²) in [6.07, 6.45) is 0. The number of nitrogens with zero attached hydrogens (tertiary/aromatic N) is 2. The van der Waals surface area contributed by atoms with Gasteiger partial charge >= 0.3 is 0 Å². The fourth-order valence-electron chi connectivity index (χ4n) is 3.47. The van der Waals surface area contributed by atoms with Crippen molar-refractivity contribution in [1.29, 1.82) is 0 Å². The second-order valence-corrected chi connectivity index (χ2v) is 8.32. The van der Waals surface area contributed by atoms with Crippen LogP contribution < -0.4 is 10.6 Å². The lowest BCUT2D eigenvalue weighted by Crippen LogP contribution is -2.46. The summed E-state index contributed by atoms with van der Waals surface area (Å²) in [6.45, 7) is 10.7. The van der Waals surface area contributed by atoms with Crippen molar-refractivity contribution in [2.24, 2.45) is 0 Å². The Morgan fingerprint density at radius 2 is 1.72 bits per heavy atom. The Bertz CT molecular complexity index is 801. The molecule has 2 amide bonds. The van der Waals surface area contributed by atoms with Gasteiger partial charge in [-0.25, -0.2) is 0 Å². The molecule has 2 N–H and O–H groups in total. The third-order valence-electron chi connectivity index (χ3n) is 5.36. The topological polar surface area (TPSA) is 64.7 Å². The van der Waals surface area contributed by atoms with Crippen molar-refractivity contribution in [2.75, 3.05) is 32.7 Å². The molecule has 1 unspecified atom stereocenters. The highest BCUT2D eigenvalue weighted by Gasteiger charge is 2.19. The quantitative estimate of drug-likeness (QED) is 0.696. The predicted molar refractivity (Wildman–Crippen MR) is 117 cm³/mol. The monoisotopic (exact) mass is 414 g/mol. The number of piperazine rings is 1. The van der Waals surface area contributed by atoms with Crippen LogP contribution in [0.2, 0.25) is 0 Å². The zero-order valence-electron chi connectivity index (χ0n) is 17.2. The van der Waals surface area contributed by atoms with Crippen molar-refractivity contribution in [1.82, 2.24) is 20.4 Å². The highest BCUT2D eigenvalue weighted by atomic mass is 32.1. The summed E-state index contributed by atoms with van der Waals surface area (Å²) in [5, 5.41) is 7.57. The Balaban J connectivity index is 1.51. The zero-order chi connectivity index (χ0) is 20.6. The van der Waals surface area contributed by atoms with Gasteiger partial charge in [0.05, 0.1) is 4.88 Å². The number of benzene rings is 1. The Kier molecular flexibility index (Phi) is 7.80. The van der Waals surface area contributed by atoms with Crippen LogP contribution in [0.4, 0.5) is 0 Å². The van der Waals surface area contributed by atoms with Crippen LogP contribution >= 0.6 is 11.3 Å². The van der Waals surface area contributed by atoms with Crippen molar-refractivity contribution in [3.05, 3.63) is 57.8 Å². The molecule has 0 radical (unpaired) electrons. The molecule has 0 saturated carbocycles. The van der Waals surface area contributed by atoms with Crippen LogP contribution in [0.5, 0.6) is 0 Å². The first kappa shape index (κ1) is 21.5. The van der Waals surface area contributed by atoms with E-state index in [1.807, 2.05) is 23.6 Å². The molecular weight excluding hydrogens is 384 g/mol. The van der Waals surface area contributed by atoms with Crippen molar-refractivity contribution >= 4 is 23.2 Å². The molecule has 1 aromatic heterocycles. The fraction of sp³-hybridized carbons (Fsp3) is 0.455. The lowest BCUT2D eigenvalue weighted by atomic mass is 10.1. The first-order valence-electron chi connectivity index (χ1n) is 10.2. The third-order valence-corrected chi connectivity index (χ3v) is 6.23. The Morgan fingerprint density at radius 3 is 2.38 bits per heavy atom. The van der Waals surface area contributed by atoms with Gasteiger partial charge in [0.2, 0.25) is 5.91 Å². The lowest BCUT2D eigenvalue weighted by molar-refractivity contribution is -0.122. The predicted octanol–water partition coefficient (Wildman–Crippen LogP) is 2.32. The van der Waals surface area contributed by atoms with E-state index in [1.54, 1.807) is 13.0 Å². The fourth-order valence-corrected chi connectivity index (χ4v) is 4.09. The maximum Gasteiger partial charge on any atom is 0.261 e. The average Bonchev–Trinajstić information content (AvgIpc) is 3.28. The number of hydrogen-bond acceptors (Lipinski definition) is 5. The van der Waals surface area contributed by atoms with Gasteiger partial charge in [0.1, 0.15) is 6.04 Å². The van der Waals surface area contributed by atoms with Gasteiger partial charge in [-0.1, -0.05) is 37.3 Å². The lowest BCUT2D eigenvalue weighted by Gasteiger charge is -2.34. The minimum Gasteiger partial charge on any atom is -0.350 e. The molecule has 1 aromatic carbocycles. The molecule has 7 heteroatoms. The second kappa shape index (κ2) is 10.5. The normalized spacial score (nSPS) is 16.3. The maximum absolute atomic E-state index is 12.5. The van der Waals surface area contributed by atoms with E-state index in [0.29, 0.717) is 11.4 Å². The molecule has 2 heterocycles. The number of likely N-dealkylation sites (N-methyl/N-ethyl adjacent to an activating group) is 1. The molecule has 156 valence electrons. The highest BCUT2D eigenvalue weighted by Crippen LogP contribution is 2.14. The Hall–Kier alpha value is -2.22. The standard InChI is InChI=1S/C22H30N4O2S/c1-3-25-10-12-26(13-11-25)16-19-8-5-4-7-18(19)15-23-21(27)17(2)24-22(28)20-9-6-14-29-20/h4-9,14,17H,3,10-13,15-16H2,1-2H3,(H,23,27)(H,24,28). The van der Waals surface area contributed by atoms with Gasteiger partial charge in [-0.15, -0.1) is 11.3 Å². The summed E-state index contributed by atoms with van der Waals surface area (Å²) in [5.41, 5.74) is 2.36. The summed E-state index contributed by atoms with van der Waals surface area (Å²) < 4.78 is 0. The molecule has 6 nitrogen and oxygen atoms in total. The van der Waals surface area contributed by atoms with Crippen molar-refractivity contribution < 1.29 is 9.59 Å². The first-order valence-corrected chi connectivity index (χ1v) is 11.1. The van der Waals surface area contributed by atoms with E-state index < -0.39 is 6.04 Å². The molecule has 1 saturated heterocycles. The van der Waals surface area contributed by atoms with Gasteiger partial charge in [0.15, 0.2) is 0 Å². The molecular formula is C22H30N4O2S. The van der Waals surface area contributed by atoms with Gasteiger partial charge < -0.3 is 15.5 Å². The Morgan fingerprint density at radius 1 is 1.03 bits per heavy atom. The molecule has 2 aromatic rings. The molecule has 1 fully saturated rings. The van der Waals surface area contributed by atoms with Crippen LogP contribution in [-0.2, 0) is 17.9 Å². The zero-order valence-corrected chi connectivity index (χ0v) is 18.0. The minimum atomic E-state index is -0.584. The largest absolute Gasteiger partial charge is 0.350 e. The van der Waals surface area contributed by atoms with Gasteiger partial charge in [0.25, 0.3) is 5.91 Å². The molecule has 0 aliphatic carbocycles. The number of carbonyl (C=O) groups is 2. The van der Waals surface area contributed by atoms with E-state index in [4.69, 9.17) is 0 Å². The van der Waals surface area contributed by atoms with E-state index in [2.05, 4.69) is 39.5 Å². The summed E-state index contributed by atoms with van der Waals surface area (Å²) in [7, 11) is 0.